The largest absolute Gasteiger partial charge is 0.444 e. The Morgan fingerprint density at radius 2 is 2.07 bits per heavy atom. The van der Waals surface area contributed by atoms with E-state index in [-0.39, 0.29) is 11.9 Å². The number of amides is 1. The quantitative estimate of drug-likeness (QED) is 0.697. The molecule has 0 spiro atoms. The van der Waals surface area contributed by atoms with E-state index in [4.69, 9.17) is 9.72 Å². The Labute approximate surface area is 181 Å². The number of aromatic nitrogens is 1. The van der Waals surface area contributed by atoms with Crippen LogP contribution in [0, 0.1) is 11.7 Å². The van der Waals surface area contributed by atoms with Crippen molar-refractivity contribution < 1.29 is 13.9 Å². The van der Waals surface area contributed by atoms with Crippen LogP contribution in [0.2, 0.25) is 0 Å². The molecule has 2 heterocycles. The van der Waals surface area contributed by atoms with Gasteiger partial charge in [0.2, 0.25) is 0 Å². The van der Waals surface area contributed by atoms with Gasteiger partial charge in [-0.15, -0.1) is 11.3 Å². The maximum atomic E-state index is 13.8. The first-order valence-electron chi connectivity index (χ1n) is 10.8. The average molecular weight is 432 g/mol. The van der Waals surface area contributed by atoms with Gasteiger partial charge in [-0.05, 0) is 76.5 Å². The molecule has 1 fully saturated rings. The van der Waals surface area contributed by atoms with E-state index in [1.165, 1.54) is 10.4 Å². The molecule has 0 unspecified atom stereocenters. The molecule has 4 rings (SSSR count). The highest BCUT2D eigenvalue weighted by atomic mass is 32.1. The maximum Gasteiger partial charge on any atom is 0.410 e. The number of thiazole rings is 1. The average Bonchev–Trinajstić information content (AvgIpc) is 3.02. The Morgan fingerprint density at radius 1 is 1.30 bits per heavy atom. The van der Waals surface area contributed by atoms with Crippen molar-refractivity contribution in [1.29, 1.82) is 0 Å². The van der Waals surface area contributed by atoms with Crippen LogP contribution in [0.1, 0.15) is 50.5 Å². The summed E-state index contributed by atoms with van der Waals surface area (Å²) >= 11 is 1.69. The topological polar surface area (TPSA) is 54.5 Å². The number of anilines is 1. The maximum absolute atomic E-state index is 13.8. The molecule has 1 aliphatic heterocycles. The third-order valence-corrected chi connectivity index (χ3v) is 6.76. The minimum absolute atomic E-state index is 0.208. The Kier molecular flexibility index (Phi) is 6.00. The number of likely N-dealkylation sites (tertiary alicyclic amines) is 1. The monoisotopic (exact) mass is 431 g/mol. The van der Waals surface area contributed by atoms with Crippen LogP contribution >= 0.6 is 11.3 Å². The molecule has 2 aromatic rings. The smallest absolute Gasteiger partial charge is 0.410 e. The van der Waals surface area contributed by atoms with Gasteiger partial charge >= 0.3 is 6.09 Å². The summed E-state index contributed by atoms with van der Waals surface area (Å²) in [6.07, 6.45) is 4.70. The van der Waals surface area contributed by atoms with Gasteiger partial charge in [0, 0.05) is 30.1 Å². The van der Waals surface area contributed by atoms with Crippen molar-refractivity contribution >= 4 is 22.6 Å². The normalized spacial score (nSPS) is 17.1. The van der Waals surface area contributed by atoms with Crippen molar-refractivity contribution in [2.75, 3.05) is 25.0 Å². The second-order valence-electron chi connectivity index (χ2n) is 9.24. The molecular formula is C23H30FN3O2S. The van der Waals surface area contributed by atoms with Crippen molar-refractivity contribution in [3.63, 3.8) is 0 Å². The summed E-state index contributed by atoms with van der Waals surface area (Å²) in [5, 5.41) is 4.41. The first-order valence-corrected chi connectivity index (χ1v) is 11.6. The van der Waals surface area contributed by atoms with Gasteiger partial charge in [0.05, 0.1) is 5.69 Å². The highest BCUT2D eigenvalue weighted by molar-refractivity contribution is 7.16. The lowest BCUT2D eigenvalue weighted by Crippen LogP contribution is -2.42. The summed E-state index contributed by atoms with van der Waals surface area (Å²) in [4.78, 5) is 20.1. The molecule has 1 amide bonds. The molecule has 1 aromatic carbocycles. The van der Waals surface area contributed by atoms with Crippen molar-refractivity contribution in [2.24, 2.45) is 5.92 Å². The number of carbonyl (C=O) groups is 1. The van der Waals surface area contributed by atoms with E-state index in [1.54, 1.807) is 28.4 Å². The van der Waals surface area contributed by atoms with Gasteiger partial charge in [0.15, 0.2) is 5.13 Å². The minimum Gasteiger partial charge on any atom is -0.444 e. The van der Waals surface area contributed by atoms with Gasteiger partial charge < -0.3 is 15.0 Å². The summed E-state index contributed by atoms with van der Waals surface area (Å²) in [5.41, 5.74) is 2.60. The second-order valence-corrected chi connectivity index (χ2v) is 10.3. The Balaban J connectivity index is 1.34. The summed E-state index contributed by atoms with van der Waals surface area (Å²) < 4.78 is 19.3. The molecule has 1 aromatic heterocycles. The number of nitrogens with one attached hydrogen (secondary N) is 1. The van der Waals surface area contributed by atoms with Crippen LogP contribution in [0.25, 0.3) is 11.3 Å². The van der Waals surface area contributed by atoms with Gasteiger partial charge in [0.25, 0.3) is 0 Å². The number of aryl methyl sites for hydroxylation is 2. The lowest BCUT2D eigenvalue weighted by atomic mass is 9.97. The van der Waals surface area contributed by atoms with E-state index in [2.05, 4.69) is 5.32 Å². The highest BCUT2D eigenvalue weighted by Gasteiger charge is 2.27. The predicted molar refractivity (Wildman–Crippen MR) is 119 cm³/mol. The van der Waals surface area contributed by atoms with Crippen LogP contribution in [0.4, 0.5) is 14.3 Å². The fourth-order valence-electron chi connectivity index (χ4n) is 4.11. The Morgan fingerprint density at radius 3 is 2.80 bits per heavy atom. The molecule has 0 atom stereocenters. The number of carbonyl (C=O) groups excluding carboxylic acids is 1. The fraction of sp³-hybridized carbons (Fsp3) is 0.565. The molecule has 1 N–H and O–H groups in total. The Bertz CT molecular complexity index is 914. The summed E-state index contributed by atoms with van der Waals surface area (Å²) in [6, 6.07) is 5.05. The highest BCUT2D eigenvalue weighted by Crippen LogP contribution is 2.37. The number of benzene rings is 1. The molecule has 1 aliphatic carbocycles. The van der Waals surface area contributed by atoms with Crippen LogP contribution in [-0.4, -0.2) is 41.2 Å². The number of nitrogens with zero attached hydrogens (tertiary/aromatic N) is 2. The number of rotatable bonds is 3. The SMILES string of the molecule is CC(C)(C)OC(=O)N1CCC(CNc2nc3c(s2)CCCc2ccc(F)cc2-3)CC1. The number of piperidine rings is 1. The molecule has 1 saturated heterocycles. The van der Waals surface area contributed by atoms with Crippen LogP contribution in [0.15, 0.2) is 18.2 Å². The van der Waals surface area contributed by atoms with E-state index in [0.29, 0.717) is 5.92 Å². The van der Waals surface area contributed by atoms with Crippen molar-refractivity contribution in [2.45, 2.75) is 58.5 Å². The van der Waals surface area contributed by atoms with Crippen LogP contribution in [0.5, 0.6) is 0 Å². The number of fused-ring (bicyclic) bond motifs is 3. The number of hydrogen-bond acceptors (Lipinski definition) is 5. The van der Waals surface area contributed by atoms with Crippen molar-refractivity contribution in [3.8, 4) is 11.3 Å². The van der Waals surface area contributed by atoms with E-state index in [1.807, 2.05) is 26.8 Å². The zero-order valence-electron chi connectivity index (χ0n) is 18.0. The molecule has 30 heavy (non-hydrogen) atoms. The summed E-state index contributed by atoms with van der Waals surface area (Å²) in [6.45, 7) is 7.97. The molecule has 7 heteroatoms. The minimum atomic E-state index is -0.458. The molecule has 5 nitrogen and oxygen atoms in total. The van der Waals surface area contributed by atoms with E-state index >= 15 is 0 Å². The zero-order valence-corrected chi connectivity index (χ0v) is 18.8. The number of hydrogen-bond donors (Lipinski definition) is 1. The fourth-order valence-corrected chi connectivity index (χ4v) is 5.14. The summed E-state index contributed by atoms with van der Waals surface area (Å²) in [7, 11) is 0. The number of ether oxygens (including phenoxy) is 1. The lowest BCUT2D eigenvalue weighted by molar-refractivity contribution is 0.0188. The number of halogens is 1. The second kappa shape index (κ2) is 8.53. The third kappa shape index (κ3) is 4.94. The van der Waals surface area contributed by atoms with Crippen LogP contribution in [0.3, 0.4) is 0 Å². The first kappa shape index (κ1) is 21.1. The van der Waals surface area contributed by atoms with E-state index < -0.39 is 5.60 Å². The molecule has 162 valence electrons. The first-order chi connectivity index (χ1) is 14.3. The van der Waals surface area contributed by atoms with Crippen LogP contribution in [-0.2, 0) is 17.6 Å². The zero-order chi connectivity index (χ0) is 21.3. The van der Waals surface area contributed by atoms with Crippen molar-refractivity contribution in [3.05, 3.63) is 34.5 Å². The lowest BCUT2D eigenvalue weighted by Gasteiger charge is -2.33. The predicted octanol–water partition coefficient (Wildman–Crippen LogP) is 5.50. The standard InChI is InChI=1S/C23H30FN3O2S/c1-23(2,3)29-22(28)27-11-9-15(10-12-27)14-25-21-26-20-18-13-17(24)8-7-16(18)5-4-6-19(20)30-21/h7-8,13,15H,4-6,9-12,14H2,1-3H3,(H,25,26). The summed E-state index contributed by atoms with van der Waals surface area (Å²) in [5.74, 6) is 0.290. The van der Waals surface area contributed by atoms with Gasteiger partial charge in [-0.2, -0.15) is 0 Å². The van der Waals surface area contributed by atoms with Crippen molar-refractivity contribution in [1.82, 2.24) is 9.88 Å². The van der Waals surface area contributed by atoms with Crippen LogP contribution < -0.4 is 5.32 Å². The molecule has 0 saturated carbocycles. The van der Waals surface area contributed by atoms with Gasteiger partial charge in [0.1, 0.15) is 11.4 Å². The van der Waals surface area contributed by atoms with Gasteiger partial charge in [-0.1, -0.05) is 6.07 Å². The molecular weight excluding hydrogens is 401 g/mol. The molecule has 2 aliphatic rings. The third-order valence-electron chi connectivity index (χ3n) is 5.68. The molecule has 0 bridgehead atoms. The molecule has 0 radical (unpaired) electrons. The van der Waals surface area contributed by atoms with E-state index in [0.717, 1.165) is 68.1 Å². The van der Waals surface area contributed by atoms with Gasteiger partial charge in [-0.25, -0.2) is 14.2 Å². The van der Waals surface area contributed by atoms with Gasteiger partial charge in [-0.3, -0.25) is 0 Å². The van der Waals surface area contributed by atoms with E-state index in [9.17, 15) is 9.18 Å². The Hall–Kier alpha value is -2.15.